The number of aromatic nitrogens is 1. The largest absolute Gasteiger partial charge is 0.506 e. The number of hydrogen-bond acceptors (Lipinski definition) is 6. The van der Waals surface area contributed by atoms with Gasteiger partial charge in [-0.2, -0.15) is 0 Å². The van der Waals surface area contributed by atoms with E-state index in [9.17, 15) is 15.0 Å². The molecule has 0 amide bonds. The topological polar surface area (TPSA) is 101 Å². The lowest BCUT2D eigenvalue weighted by atomic mass is 10.0. The third-order valence-electron chi connectivity index (χ3n) is 7.29. The number of fused-ring (bicyclic) bond motifs is 1. The molecule has 0 saturated carbocycles. The Hall–Kier alpha value is -3.65. The fourth-order valence-electron chi connectivity index (χ4n) is 5.18. The summed E-state index contributed by atoms with van der Waals surface area (Å²) >= 11 is 0. The van der Waals surface area contributed by atoms with Crippen molar-refractivity contribution in [1.29, 1.82) is 0 Å². The molecule has 7 nitrogen and oxygen atoms in total. The van der Waals surface area contributed by atoms with Crippen molar-refractivity contribution >= 4 is 22.3 Å². The Labute approximate surface area is 223 Å². The van der Waals surface area contributed by atoms with E-state index in [-0.39, 0.29) is 11.3 Å². The number of para-hydroxylation sites is 1. The molecule has 1 aromatic heterocycles. The molecule has 4 aromatic rings. The van der Waals surface area contributed by atoms with Gasteiger partial charge in [-0.1, -0.05) is 42.8 Å². The maximum absolute atomic E-state index is 11.6. The Kier molecular flexibility index (Phi) is 8.38. The molecule has 1 atom stereocenters. The number of rotatable bonds is 10. The summed E-state index contributed by atoms with van der Waals surface area (Å²) in [6.45, 7) is 4.43. The van der Waals surface area contributed by atoms with Crippen molar-refractivity contribution in [2.75, 3.05) is 31.5 Å². The van der Waals surface area contributed by atoms with Crippen LogP contribution in [0.15, 0.2) is 77.6 Å². The molecule has 5 rings (SSSR count). The summed E-state index contributed by atoms with van der Waals surface area (Å²) in [5.74, 6) is -0.00923. The fraction of sp³-hybridized carbons (Fsp3) is 0.323. The number of likely N-dealkylation sites (tertiary alicyclic amines) is 1. The van der Waals surface area contributed by atoms with Crippen molar-refractivity contribution in [2.24, 2.45) is 0 Å². The van der Waals surface area contributed by atoms with Gasteiger partial charge in [0, 0.05) is 35.9 Å². The van der Waals surface area contributed by atoms with E-state index in [1.807, 2.05) is 0 Å². The number of aliphatic hydroxyl groups excluding tert-OH is 1. The van der Waals surface area contributed by atoms with Gasteiger partial charge in [0.25, 0.3) is 0 Å². The van der Waals surface area contributed by atoms with Crippen molar-refractivity contribution in [2.45, 2.75) is 38.3 Å². The number of anilines is 2. The molecular formula is C31H36N4O3. The number of aromatic hydroxyl groups is 1. The first-order valence-electron chi connectivity index (χ1n) is 13.5. The predicted octanol–water partition coefficient (Wildman–Crippen LogP) is 4.83. The zero-order valence-electron chi connectivity index (χ0n) is 21.6. The van der Waals surface area contributed by atoms with E-state index in [0.29, 0.717) is 23.0 Å². The van der Waals surface area contributed by atoms with Crippen LogP contribution < -0.4 is 16.2 Å². The summed E-state index contributed by atoms with van der Waals surface area (Å²) in [6.07, 6.45) is 4.00. The molecule has 0 spiro atoms. The van der Waals surface area contributed by atoms with E-state index in [0.717, 1.165) is 30.9 Å². The number of aromatic amines is 1. The summed E-state index contributed by atoms with van der Waals surface area (Å²) in [5, 5.41) is 28.3. The highest BCUT2D eigenvalue weighted by atomic mass is 16.3. The van der Waals surface area contributed by atoms with Gasteiger partial charge in [-0.05, 0) is 85.9 Å². The van der Waals surface area contributed by atoms with Crippen molar-refractivity contribution in [1.82, 2.24) is 15.2 Å². The van der Waals surface area contributed by atoms with E-state index in [4.69, 9.17) is 0 Å². The zero-order chi connectivity index (χ0) is 26.3. The van der Waals surface area contributed by atoms with E-state index in [1.165, 1.54) is 55.6 Å². The van der Waals surface area contributed by atoms with Gasteiger partial charge in [-0.15, -0.1) is 0 Å². The van der Waals surface area contributed by atoms with Crippen LogP contribution in [0.4, 0.5) is 11.4 Å². The van der Waals surface area contributed by atoms with E-state index < -0.39 is 6.10 Å². The second-order valence-corrected chi connectivity index (χ2v) is 10.1. The molecule has 0 unspecified atom stereocenters. The van der Waals surface area contributed by atoms with Crippen molar-refractivity contribution in [3.8, 4) is 5.75 Å². The molecule has 1 saturated heterocycles. The van der Waals surface area contributed by atoms with Crippen LogP contribution in [-0.2, 0) is 13.0 Å². The highest BCUT2D eigenvalue weighted by Gasteiger charge is 2.14. The van der Waals surface area contributed by atoms with Gasteiger partial charge in [0.1, 0.15) is 5.75 Å². The summed E-state index contributed by atoms with van der Waals surface area (Å²) in [6, 6.07) is 23.3. The molecule has 2 heterocycles. The molecule has 5 N–H and O–H groups in total. The molecule has 1 aliphatic heterocycles. The minimum Gasteiger partial charge on any atom is -0.506 e. The standard InChI is InChI=1S/C31H36N4O3/c36-28-14-12-25(26-13-15-30(38)34-31(26)28)29(37)20-32-17-16-22-8-10-24(11-9-22)33-27-7-3-2-6-23(27)21-35-18-4-1-5-19-35/h2-3,6-15,29,32-33,36-37H,1,4-5,16-21H2,(H,34,38)/t29-/m0/s1. The molecule has 0 radical (unpaired) electrons. The number of pyridine rings is 1. The number of piperidine rings is 1. The summed E-state index contributed by atoms with van der Waals surface area (Å²) in [7, 11) is 0. The number of nitrogens with one attached hydrogen (secondary N) is 3. The number of aliphatic hydroxyl groups is 1. The number of phenols is 1. The molecule has 3 aromatic carbocycles. The van der Waals surface area contributed by atoms with Gasteiger partial charge >= 0.3 is 0 Å². The molecule has 38 heavy (non-hydrogen) atoms. The van der Waals surface area contributed by atoms with Gasteiger partial charge in [0.2, 0.25) is 5.56 Å². The van der Waals surface area contributed by atoms with Crippen molar-refractivity contribution in [3.63, 3.8) is 0 Å². The highest BCUT2D eigenvalue weighted by Crippen LogP contribution is 2.28. The first-order valence-corrected chi connectivity index (χ1v) is 13.5. The Balaban J connectivity index is 1.13. The lowest BCUT2D eigenvalue weighted by molar-refractivity contribution is 0.176. The average Bonchev–Trinajstić information content (AvgIpc) is 2.94. The lowest BCUT2D eigenvalue weighted by Crippen LogP contribution is -2.29. The third-order valence-corrected chi connectivity index (χ3v) is 7.29. The van der Waals surface area contributed by atoms with Gasteiger partial charge in [0.15, 0.2) is 0 Å². The Bertz CT molecular complexity index is 1410. The Morgan fingerprint density at radius 1 is 0.921 bits per heavy atom. The normalized spacial score (nSPS) is 15.0. The molecule has 0 bridgehead atoms. The quantitative estimate of drug-likeness (QED) is 0.195. The minimum absolute atomic E-state index is 0.00923. The molecule has 7 heteroatoms. The van der Waals surface area contributed by atoms with E-state index in [2.05, 4.69) is 69.0 Å². The molecule has 198 valence electrons. The SMILES string of the molecule is O=c1ccc2c([C@@H](O)CNCCc3ccc(Nc4ccccc4CN4CCCCC4)cc3)ccc(O)c2[nH]1. The summed E-state index contributed by atoms with van der Waals surface area (Å²) in [5.41, 5.74) is 5.49. The van der Waals surface area contributed by atoms with Crippen molar-refractivity contribution < 1.29 is 10.2 Å². The molecule has 1 fully saturated rings. The summed E-state index contributed by atoms with van der Waals surface area (Å²) < 4.78 is 0. The smallest absolute Gasteiger partial charge is 0.248 e. The number of H-pyrrole nitrogens is 1. The van der Waals surface area contributed by atoms with Crippen LogP contribution in [0.3, 0.4) is 0 Å². The van der Waals surface area contributed by atoms with E-state index in [1.54, 1.807) is 12.1 Å². The first-order chi connectivity index (χ1) is 18.6. The molecule has 0 aliphatic carbocycles. The predicted molar refractivity (Wildman–Crippen MR) is 153 cm³/mol. The van der Waals surface area contributed by atoms with Crippen molar-refractivity contribution in [3.05, 3.63) is 99.8 Å². The Morgan fingerprint density at radius 3 is 2.53 bits per heavy atom. The minimum atomic E-state index is -0.763. The lowest BCUT2D eigenvalue weighted by Gasteiger charge is -2.27. The second-order valence-electron chi connectivity index (χ2n) is 10.1. The van der Waals surface area contributed by atoms with Crippen LogP contribution >= 0.6 is 0 Å². The van der Waals surface area contributed by atoms with Gasteiger partial charge in [-0.25, -0.2) is 0 Å². The van der Waals surface area contributed by atoms with Crippen LogP contribution in [0.1, 0.15) is 42.1 Å². The second kappa shape index (κ2) is 12.3. The Morgan fingerprint density at radius 2 is 1.71 bits per heavy atom. The van der Waals surface area contributed by atoms with Crippen LogP contribution in [0.25, 0.3) is 10.9 Å². The zero-order valence-corrected chi connectivity index (χ0v) is 21.6. The summed E-state index contributed by atoms with van der Waals surface area (Å²) in [4.78, 5) is 16.8. The first kappa shape index (κ1) is 26.0. The number of phenolic OH excluding ortho intramolecular Hbond substituents is 1. The number of nitrogens with zero attached hydrogens (tertiary/aromatic N) is 1. The number of benzene rings is 3. The van der Waals surface area contributed by atoms with Gasteiger partial charge in [-0.3, -0.25) is 9.69 Å². The van der Waals surface area contributed by atoms with Crippen LogP contribution in [0.5, 0.6) is 5.75 Å². The van der Waals surface area contributed by atoms with E-state index >= 15 is 0 Å². The maximum Gasteiger partial charge on any atom is 0.248 e. The van der Waals surface area contributed by atoms with Crippen LogP contribution in [0, 0.1) is 0 Å². The van der Waals surface area contributed by atoms with Gasteiger partial charge in [0.05, 0.1) is 11.6 Å². The average molecular weight is 513 g/mol. The third kappa shape index (κ3) is 6.42. The molecular weight excluding hydrogens is 476 g/mol. The van der Waals surface area contributed by atoms with Gasteiger partial charge < -0.3 is 25.8 Å². The maximum atomic E-state index is 11.6. The molecule has 1 aliphatic rings. The number of hydrogen-bond donors (Lipinski definition) is 5. The monoisotopic (exact) mass is 512 g/mol. The highest BCUT2D eigenvalue weighted by molar-refractivity contribution is 5.87. The van der Waals surface area contributed by atoms with Crippen LogP contribution in [0.2, 0.25) is 0 Å². The fourth-order valence-corrected chi connectivity index (χ4v) is 5.18. The van der Waals surface area contributed by atoms with Crippen LogP contribution in [-0.4, -0.2) is 46.3 Å².